The Kier molecular flexibility index (Phi) is 7.21. The Morgan fingerprint density at radius 1 is 0.936 bits per heavy atom. The summed E-state index contributed by atoms with van der Waals surface area (Å²) in [5.41, 5.74) is 3.38. The molecule has 5 aliphatic rings. The first-order valence-corrected chi connectivity index (χ1v) is 17.0. The number of rotatable bonds is 6. The quantitative estimate of drug-likeness (QED) is 0.0859. The number of benzene rings is 3. The van der Waals surface area contributed by atoms with Gasteiger partial charge in [-0.3, -0.25) is 19.3 Å². The van der Waals surface area contributed by atoms with Gasteiger partial charge in [-0.25, -0.2) is 9.78 Å². The van der Waals surface area contributed by atoms with Crippen LogP contribution in [0.2, 0.25) is 10.0 Å². The zero-order valence-electron chi connectivity index (χ0n) is 25.2. The lowest BCUT2D eigenvalue weighted by atomic mass is 9.63. The predicted molar refractivity (Wildman–Crippen MR) is 182 cm³/mol. The van der Waals surface area contributed by atoms with E-state index in [2.05, 4.69) is 28.1 Å². The first-order valence-electron chi connectivity index (χ1n) is 15.5. The molecule has 0 spiro atoms. The largest absolute Gasteiger partial charge is 0.451 e. The molecule has 0 radical (unpaired) electrons. The number of esters is 1. The van der Waals surface area contributed by atoms with E-state index in [1.807, 2.05) is 6.92 Å². The highest BCUT2D eigenvalue weighted by Gasteiger charge is 2.67. The van der Waals surface area contributed by atoms with Gasteiger partial charge in [0.2, 0.25) is 17.6 Å². The second-order valence-corrected chi connectivity index (χ2v) is 14.5. The summed E-state index contributed by atoms with van der Waals surface area (Å²) < 4.78 is 6.28. The van der Waals surface area contributed by atoms with E-state index in [-0.39, 0.29) is 46.8 Å². The second-order valence-electron chi connectivity index (χ2n) is 12.9. The zero-order valence-corrected chi connectivity index (χ0v) is 28.3. The number of nitrogens with zero attached hydrogens (tertiary/aromatic N) is 2. The van der Waals surface area contributed by atoms with Gasteiger partial charge >= 0.3 is 5.97 Å². The highest BCUT2D eigenvalue weighted by Crippen LogP contribution is 2.65. The first kappa shape index (κ1) is 30.5. The van der Waals surface area contributed by atoms with Gasteiger partial charge < -0.3 is 4.74 Å². The lowest BCUT2D eigenvalue weighted by Gasteiger charge is -2.37. The average Bonchev–Trinajstić information content (AvgIpc) is 3.85. The van der Waals surface area contributed by atoms with Gasteiger partial charge in [0.25, 0.3) is 0 Å². The monoisotopic (exact) mass is 728 g/mol. The predicted octanol–water partition coefficient (Wildman–Crippen LogP) is 8.27. The van der Waals surface area contributed by atoms with Crippen molar-refractivity contribution in [1.29, 1.82) is 0 Å². The number of carbonyl (C=O) groups excluding carboxylic acids is 4. The van der Waals surface area contributed by atoms with E-state index in [1.165, 1.54) is 11.8 Å². The van der Waals surface area contributed by atoms with E-state index < -0.39 is 12.1 Å². The Balaban J connectivity index is 1.12. The maximum absolute atomic E-state index is 13.7. The van der Waals surface area contributed by atoms with E-state index in [1.54, 1.807) is 60.7 Å². The number of aromatic nitrogens is 1. The molecule has 47 heavy (non-hydrogen) atoms. The molecule has 4 aromatic rings. The van der Waals surface area contributed by atoms with Crippen molar-refractivity contribution in [3.63, 3.8) is 0 Å². The van der Waals surface area contributed by atoms with Crippen LogP contribution in [0.3, 0.4) is 0 Å². The minimum atomic E-state index is -1.07. The molecule has 7 unspecified atom stereocenters. The van der Waals surface area contributed by atoms with Gasteiger partial charge in [0, 0.05) is 26.0 Å². The Bertz CT molecular complexity index is 2040. The van der Waals surface area contributed by atoms with Crippen LogP contribution in [0, 0.1) is 42.4 Å². The number of halogens is 3. The number of amides is 2. The molecule has 3 fully saturated rings. The van der Waals surface area contributed by atoms with E-state index in [0.717, 1.165) is 6.42 Å². The Morgan fingerprint density at radius 2 is 1.55 bits per heavy atom. The van der Waals surface area contributed by atoms with E-state index >= 15 is 0 Å². The molecule has 1 saturated heterocycles. The molecule has 10 heteroatoms. The molecule has 2 amide bonds. The SMILES string of the molecule is Cc1c(Cl)c(Br)cc2c(C(=O)OC(C)C(=O)c3ccc(Cl)cc3)cc(-c3ccc(N4C(=O)C5C6C=CC(C7CC67)C5C4=O)cc3)nc12. The van der Waals surface area contributed by atoms with Gasteiger partial charge in [-0.2, -0.15) is 0 Å². The van der Waals surface area contributed by atoms with E-state index in [9.17, 15) is 19.2 Å². The number of ether oxygens (including phenoxy) is 1. The Labute approximate surface area is 289 Å². The van der Waals surface area contributed by atoms with Crippen LogP contribution in [-0.4, -0.2) is 34.7 Å². The van der Waals surface area contributed by atoms with Crippen LogP contribution >= 0.6 is 39.1 Å². The minimum Gasteiger partial charge on any atom is -0.451 e. The van der Waals surface area contributed by atoms with Crippen LogP contribution < -0.4 is 4.90 Å². The van der Waals surface area contributed by atoms with Crippen molar-refractivity contribution in [2.75, 3.05) is 4.90 Å². The number of allylic oxidation sites excluding steroid dienone is 2. The summed E-state index contributed by atoms with van der Waals surface area (Å²) in [7, 11) is 0. The zero-order chi connectivity index (χ0) is 32.9. The summed E-state index contributed by atoms with van der Waals surface area (Å²) in [4.78, 5) is 60.2. The minimum absolute atomic E-state index is 0.121. The molecule has 2 saturated carbocycles. The first-order chi connectivity index (χ1) is 22.5. The summed E-state index contributed by atoms with van der Waals surface area (Å²) in [6, 6.07) is 16.8. The normalized spacial score (nSPS) is 25.9. The van der Waals surface area contributed by atoms with Crippen molar-refractivity contribution >= 4 is 79.3 Å². The van der Waals surface area contributed by atoms with Gasteiger partial charge in [0.05, 0.1) is 39.3 Å². The van der Waals surface area contributed by atoms with Crippen LogP contribution in [0.1, 0.15) is 39.6 Å². The Hall–Kier alpha value is -3.85. The molecular formula is C37H27BrCl2N2O5. The van der Waals surface area contributed by atoms with Gasteiger partial charge in [0.1, 0.15) is 0 Å². The lowest BCUT2D eigenvalue weighted by molar-refractivity contribution is -0.124. The van der Waals surface area contributed by atoms with E-state index in [0.29, 0.717) is 65.3 Å². The van der Waals surface area contributed by atoms with Crippen molar-refractivity contribution in [2.45, 2.75) is 26.4 Å². The molecule has 7 atom stereocenters. The van der Waals surface area contributed by atoms with E-state index in [4.69, 9.17) is 32.9 Å². The number of hydrogen-bond donors (Lipinski definition) is 0. The fourth-order valence-corrected chi connectivity index (χ4v) is 8.69. The number of anilines is 1. The molecule has 2 bridgehead atoms. The number of pyridine rings is 1. The molecule has 3 aromatic carbocycles. The summed E-state index contributed by atoms with van der Waals surface area (Å²) in [6.07, 6.45) is 4.36. The number of ketones is 1. The maximum atomic E-state index is 13.7. The maximum Gasteiger partial charge on any atom is 0.339 e. The third-order valence-electron chi connectivity index (χ3n) is 10.3. The highest BCUT2D eigenvalue weighted by atomic mass is 79.9. The van der Waals surface area contributed by atoms with Gasteiger partial charge in [-0.05, 0) is 114 Å². The number of imide groups is 1. The average molecular weight is 730 g/mol. The number of fused-ring (bicyclic) bond motifs is 1. The fraction of sp³-hybridized carbons (Fsp3) is 0.270. The molecule has 2 heterocycles. The number of hydrogen-bond acceptors (Lipinski definition) is 6. The molecule has 1 aliphatic heterocycles. The highest BCUT2D eigenvalue weighted by molar-refractivity contribution is 9.10. The molecule has 9 rings (SSSR count). The molecule has 0 N–H and O–H groups in total. The molecule has 7 nitrogen and oxygen atoms in total. The third kappa shape index (κ3) is 4.79. The summed E-state index contributed by atoms with van der Waals surface area (Å²) in [5.74, 6) is -0.510. The standard InChI is InChI=1S/C37H27BrCl2N2O5/c1-16-32(40)28(38)14-26-27(37(46)47-17(2)34(43)19-3-7-20(39)8-4-19)15-29(41-33(16)26)18-5-9-21(10-6-18)42-35(44)30-22-11-12-23(25-13-24(22)25)31(30)36(42)45/h3-12,14-15,17,22-25,30-31H,13H2,1-2H3. The Morgan fingerprint density at radius 3 is 2.17 bits per heavy atom. The lowest BCUT2D eigenvalue weighted by Crippen LogP contribution is -2.40. The van der Waals surface area contributed by atoms with Crippen molar-refractivity contribution in [1.82, 2.24) is 4.98 Å². The second kappa shape index (κ2) is 11.1. The summed E-state index contributed by atoms with van der Waals surface area (Å²) in [5, 5.41) is 1.45. The third-order valence-corrected chi connectivity index (χ3v) is 11.9. The topological polar surface area (TPSA) is 93.6 Å². The summed E-state index contributed by atoms with van der Waals surface area (Å²) >= 11 is 16.0. The molecular weight excluding hydrogens is 703 g/mol. The van der Waals surface area contributed by atoms with Crippen molar-refractivity contribution in [3.05, 3.63) is 104 Å². The number of aryl methyl sites for hydroxylation is 1. The van der Waals surface area contributed by atoms with Gasteiger partial charge in [-0.1, -0.05) is 47.5 Å². The molecule has 4 aliphatic carbocycles. The van der Waals surface area contributed by atoms with Crippen molar-refractivity contribution < 1.29 is 23.9 Å². The van der Waals surface area contributed by atoms with Crippen LogP contribution in [0.4, 0.5) is 5.69 Å². The smallest absolute Gasteiger partial charge is 0.339 e. The van der Waals surface area contributed by atoms with Crippen molar-refractivity contribution in [2.24, 2.45) is 35.5 Å². The molecule has 1 aromatic heterocycles. The van der Waals surface area contributed by atoms with Crippen LogP contribution in [0.25, 0.3) is 22.2 Å². The van der Waals surface area contributed by atoms with Gasteiger partial charge in [0.15, 0.2) is 6.10 Å². The van der Waals surface area contributed by atoms with Crippen LogP contribution in [-0.2, 0) is 14.3 Å². The fourth-order valence-electron chi connectivity index (χ4n) is 7.90. The summed E-state index contributed by atoms with van der Waals surface area (Å²) in [6.45, 7) is 3.34. The number of carbonyl (C=O) groups is 4. The van der Waals surface area contributed by atoms with Crippen molar-refractivity contribution in [3.8, 4) is 11.3 Å². The van der Waals surface area contributed by atoms with Crippen LogP contribution in [0.15, 0.2) is 77.3 Å². The molecule has 236 valence electrons. The number of Topliss-reactive ketones (excluding diaryl/α,β-unsaturated/α-hetero) is 1. The van der Waals surface area contributed by atoms with Gasteiger partial charge in [-0.15, -0.1) is 0 Å². The van der Waals surface area contributed by atoms with Crippen LogP contribution in [0.5, 0.6) is 0 Å².